The van der Waals surface area contributed by atoms with Crippen molar-refractivity contribution in [1.29, 1.82) is 0 Å². The maximum absolute atomic E-state index is 12.3. The molecule has 1 fully saturated rings. The van der Waals surface area contributed by atoms with Crippen molar-refractivity contribution in [3.05, 3.63) is 58.3 Å². The second kappa shape index (κ2) is 10.4. The molecule has 0 saturated heterocycles. The first-order chi connectivity index (χ1) is 17.0. The molecule has 1 aliphatic rings. The lowest BCUT2D eigenvalue weighted by atomic mass is 10.0. The first kappa shape index (κ1) is 23.2. The van der Waals surface area contributed by atoms with Crippen LogP contribution in [0, 0.1) is 5.92 Å². The highest BCUT2D eigenvalue weighted by Gasteiger charge is 2.29. The van der Waals surface area contributed by atoms with Crippen molar-refractivity contribution in [1.82, 2.24) is 34.9 Å². The molecular weight excluding hydrogens is 486 g/mol. The molecule has 0 unspecified atom stereocenters. The summed E-state index contributed by atoms with van der Waals surface area (Å²) in [6, 6.07) is 5.49. The van der Waals surface area contributed by atoms with Crippen LogP contribution in [-0.2, 0) is 24.7 Å². The van der Waals surface area contributed by atoms with Crippen LogP contribution in [0.4, 0.5) is 10.3 Å². The Morgan fingerprint density at radius 2 is 1.91 bits per heavy atom. The quantitative estimate of drug-likeness (QED) is 0.369. The van der Waals surface area contributed by atoms with Crippen LogP contribution >= 0.6 is 22.7 Å². The van der Waals surface area contributed by atoms with Crippen LogP contribution in [0.5, 0.6) is 0 Å². The molecular formula is C22H23N9O2S2. The zero-order chi connectivity index (χ0) is 24.2. The first-order valence-corrected chi connectivity index (χ1v) is 12.8. The third kappa shape index (κ3) is 5.92. The number of hydrogen-bond donors (Lipinski definition) is 2. The molecule has 1 saturated carbocycles. The van der Waals surface area contributed by atoms with Gasteiger partial charge in [-0.3, -0.25) is 19.9 Å². The van der Waals surface area contributed by atoms with E-state index in [1.807, 2.05) is 25.2 Å². The predicted molar refractivity (Wildman–Crippen MR) is 131 cm³/mol. The maximum atomic E-state index is 12.3. The molecule has 4 aromatic heterocycles. The van der Waals surface area contributed by atoms with Crippen molar-refractivity contribution in [2.75, 3.05) is 10.6 Å². The summed E-state index contributed by atoms with van der Waals surface area (Å²) in [5.74, 6) is 0.319. The zero-order valence-corrected chi connectivity index (χ0v) is 20.6. The van der Waals surface area contributed by atoms with E-state index in [9.17, 15) is 9.59 Å². The lowest BCUT2D eigenvalue weighted by Gasteiger charge is -2.06. The summed E-state index contributed by atoms with van der Waals surface area (Å²) < 4.78 is 1.72. The Balaban J connectivity index is 1.11. The molecule has 0 aliphatic heterocycles. The summed E-state index contributed by atoms with van der Waals surface area (Å²) >= 11 is 2.82. The molecule has 4 heterocycles. The van der Waals surface area contributed by atoms with Gasteiger partial charge in [-0.05, 0) is 37.3 Å². The summed E-state index contributed by atoms with van der Waals surface area (Å²) in [6.45, 7) is 0. The number of pyridine rings is 1. The smallest absolute Gasteiger partial charge is 0.277 e. The van der Waals surface area contributed by atoms with Gasteiger partial charge in [-0.2, -0.15) is 0 Å². The van der Waals surface area contributed by atoms with Crippen molar-refractivity contribution in [3.63, 3.8) is 0 Å². The Morgan fingerprint density at radius 3 is 2.71 bits per heavy atom. The topological polar surface area (TPSA) is 140 Å². The molecule has 5 rings (SSSR count). The number of aromatic nitrogens is 7. The SMILES string of the molecule is Cn1cnc(C(=O)Nc2nnc(C[C@@H]3CC[C@H](c4nnc(NC(=O)Cc5ccccn5)s4)C3)s2)c1. The van der Waals surface area contributed by atoms with Crippen LogP contribution in [0.25, 0.3) is 0 Å². The van der Waals surface area contributed by atoms with E-state index >= 15 is 0 Å². The second-order valence-corrected chi connectivity index (χ2v) is 10.5. The van der Waals surface area contributed by atoms with Crippen molar-refractivity contribution >= 4 is 44.8 Å². The molecule has 0 bridgehead atoms. The summed E-state index contributed by atoms with van der Waals surface area (Å²) in [5.41, 5.74) is 1.05. The minimum absolute atomic E-state index is 0.155. The molecule has 0 aromatic carbocycles. The zero-order valence-electron chi connectivity index (χ0n) is 18.9. The van der Waals surface area contributed by atoms with E-state index in [1.165, 1.54) is 22.7 Å². The van der Waals surface area contributed by atoms with Crippen LogP contribution in [0.1, 0.15) is 51.4 Å². The molecule has 13 heteroatoms. The van der Waals surface area contributed by atoms with Gasteiger partial charge in [0.1, 0.15) is 15.7 Å². The Hall–Kier alpha value is -3.58. The van der Waals surface area contributed by atoms with Gasteiger partial charge in [0.05, 0.1) is 12.7 Å². The number of anilines is 2. The predicted octanol–water partition coefficient (Wildman–Crippen LogP) is 3.08. The second-order valence-electron chi connectivity index (χ2n) is 8.45. The lowest BCUT2D eigenvalue weighted by molar-refractivity contribution is -0.115. The molecule has 180 valence electrons. The van der Waals surface area contributed by atoms with E-state index in [1.54, 1.807) is 23.3 Å². The minimum atomic E-state index is -0.298. The van der Waals surface area contributed by atoms with Gasteiger partial charge in [0.25, 0.3) is 5.91 Å². The third-order valence-electron chi connectivity index (χ3n) is 5.73. The fourth-order valence-electron chi connectivity index (χ4n) is 4.09. The van der Waals surface area contributed by atoms with Gasteiger partial charge in [0, 0.05) is 37.5 Å². The number of nitrogens with zero attached hydrogens (tertiary/aromatic N) is 7. The first-order valence-electron chi connectivity index (χ1n) is 11.2. The summed E-state index contributed by atoms with van der Waals surface area (Å²) in [6.07, 6.45) is 8.96. The van der Waals surface area contributed by atoms with Gasteiger partial charge < -0.3 is 9.88 Å². The Kier molecular flexibility index (Phi) is 6.86. The van der Waals surface area contributed by atoms with E-state index in [2.05, 4.69) is 41.0 Å². The molecule has 2 amide bonds. The van der Waals surface area contributed by atoms with Gasteiger partial charge in [0.2, 0.25) is 16.2 Å². The molecule has 2 atom stereocenters. The van der Waals surface area contributed by atoms with E-state index in [-0.39, 0.29) is 18.2 Å². The van der Waals surface area contributed by atoms with Crippen molar-refractivity contribution < 1.29 is 9.59 Å². The van der Waals surface area contributed by atoms with Crippen LogP contribution in [0.3, 0.4) is 0 Å². The molecule has 35 heavy (non-hydrogen) atoms. The molecule has 4 aromatic rings. The van der Waals surface area contributed by atoms with Crippen LogP contribution in [0.15, 0.2) is 36.9 Å². The number of carbonyl (C=O) groups excluding carboxylic acids is 2. The van der Waals surface area contributed by atoms with E-state index in [4.69, 9.17) is 0 Å². The van der Waals surface area contributed by atoms with Crippen molar-refractivity contribution in [2.24, 2.45) is 13.0 Å². The number of imidazole rings is 1. The average molecular weight is 510 g/mol. The lowest BCUT2D eigenvalue weighted by Crippen LogP contribution is -2.14. The van der Waals surface area contributed by atoms with Gasteiger partial charge in [-0.15, -0.1) is 20.4 Å². The summed E-state index contributed by atoms with van der Waals surface area (Å²) in [5, 5.41) is 25.3. The number of aryl methyl sites for hydroxylation is 1. The largest absolute Gasteiger partial charge is 0.340 e. The highest BCUT2D eigenvalue weighted by molar-refractivity contribution is 7.15. The molecule has 2 N–H and O–H groups in total. The molecule has 0 radical (unpaired) electrons. The number of carbonyl (C=O) groups is 2. The van der Waals surface area contributed by atoms with Crippen LogP contribution in [0.2, 0.25) is 0 Å². The average Bonchev–Trinajstić information content (AvgIpc) is 3.63. The number of rotatable bonds is 8. The third-order valence-corrected chi connectivity index (χ3v) is 7.60. The number of nitrogens with one attached hydrogen (secondary N) is 2. The normalized spacial score (nSPS) is 17.4. The highest BCUT2D eigenvalue weighted by Crippen LogP contribution is 2.41. The summed E-state index contributed by atoms with van der Waals surface area (Å²) in [7, 11) is 1.81. The number of amides is 2. The Bertz CT molecular complexity index is 1320. The van der Waals surface area contributed by atoms with Gasteiger partial charge in [-0.1, -0.05) is 28.7 Å². The Labute approximate surface area is 209 Å². The minimum Gasteiger partial charge on any atom is -0.340 e. The number of hydrogen-bond acceptors (Lipinski definition) is 10. The highest BCUT2D eigenvalue weighted by atomic mass is 32.1. The van der Waals surface area contributed by atoms with Gasteiger partial charge >= 0.3 is 0 Å². The van der Waals surface area contributed by atoms with E-state index in [0.29, 0.717) is 33.5 Å². The van der Waals surface area contributed by atoms with E-state index < -0.39 is 0 Å². The summed E-state index contributed by atoms with van der Waals surface area (Å²) in [4.78, 5) is 32.7. The van der Waals surface area contributed by atoms with Crippen molar-refractivity contribution in [2.45, 2.75) is 38.0 Å². The molecule has 0 spiro atoms. The van der Waals surface area contributed by atoms with Crippen LogP contribution in [-0.4, -0.2) is 46.7 Å². The molecule has 11 nitrogen and oxygen atoms in total. The molecule has 1 aliphatic carbocycles. The Morgan fingerprint density at radius 1 is 1.06 bits per heavy atom. The fourth-order valence-corrected chi connectivity index (χ4v) is 5.85. The standard InChI is InChI=1S/C22H23N9O2S2/c1-31-11-16(24-12-31)19(33)26-22-29-27-18(34-22)9-13-5-6-14(8-13)20-28-30-21(35-20)25-17(32)10-15-4-2-3-7-23-15/h2-4,7,11-14H,5-6,8-10H2,1H3,(H,25,30,32)(H,26,29,33)/t13-,14+/m1/s1. The maximum Gasteiger partial charge on any atom is 0.277 e. The van der Waals surface area contributed by atoms with Crippen molar-refractivity contribution in [3.8, 4) is 0 Å². The van der Waals surface area contributed by atoms with E-state index in [0.717, 1.165) is 35.7 Å². The van der Waals surface area contributed by atoms with Gasteiger partial charge in [-0.25, -0.2) is 4.98 Å². The fraction of sp³-hybridized carbons (Fsp3) is 0.364. The van der Waals surface area contributed by atoms with Gasteiger partial charge in [0.15, 0.2) is 0 Å². The van der Waals surface area contributed by atoms with Crippen LogP contribution < -0.4 is 10.6 Å². The monoisotopic (exact) mass is 509 g/mol.